The highest BCUT2D eigenvalue weighted by molar-refractivity contribution is 5.90. The van der Waals surface area contributed by atoms with Gasteiger partial charge in [-0.15, -0.1) is 0 Å². The molecule has 162 valence electrons. The van der Waals surface area contributed by atoms with Gasteiger partial charge in [-0.05, 0) is 62.7 Å². The van der Waals surface area contributed by atoms with Gasteiger partial charge in [0.1, 0.15) is 11.2 Å². The molecule has 4 aliphatic carbocycles. The van der Waals surface area contributed by atoms with E-state index in [2.05, 4.69) is 13.8 Å². The van der Waals surface area contributed by atoms with E-state index >= 15 is 0 Å². The van der Waals surface area contributed by atoms with Gasteiger partial charge in [-0.3, -0.25) is 9.59 Å². The van der Waals surface area contributed by atoms with E-state index in [0.717, 1.165) is 44.9 Å². The number of esters is 1. The highest BCUT2D eigenvalue weighted by atomic mass is 16.6. The molecule has 0 unspecified atom stereocenters. The molecule has 0 aromatic rings. The van der Waals surface area contributed by atoms with Gasteiger partial charge in [0.2, 0.25) is 5.78 Å². The third kappa shape index (κ3) is 2.40. The number of hydrogen-bond donors (Lipinski definition) is 2. The zero-order chi connectivity index (χ0) is 20.8. The predicted molar refractivity (Wildman–Crippen MR) is 104 cm³/mol. The quantitative estimate of drug-likeness (QED) is 0.552. The molecule has 0 aromatic carbocycles. The molecule has 4 saturated carbocycles. The Kier molecular flexibility index (Phi) is 4.16. The van der Waals surface area contributed by atoms with Gasteiger partial charge in [0.25, 0.3) is 0 Å². The Morgan fingerprint density at radius 3 is 2.45 bits per heavy atom. The summed E-state index contributed by atoms with van der Waals surface area (Å²) in [6.45, 7) is 5.39. The van der Waals surface area contributed by atoms with Crippen molar-refractivity contribution in [3.05, 3.63) is 0 Å². The van der Waals surface area contributed by atoms with Crippen LogP contribution in [0.25, 0.3) is 0 Å². The van der Waals surface area contributed by atoms with Crippen LogP contribution in [0.2, 0.25) is 0 Å². The molecule has 0 aromatic heterocycles. The molecule has 0 bridgehead atoms. The number of hydrogen-bond acceptors (Lipinski definition) is 6. The molecule has 1 aliphatic heterocycles. The number of aliphatic hydroxyl groups is 2. The lowest BCUT2D eigenvalue weighted by molar-refractivity contribution is -0.173. The monoisotopic (exact) mass is 406 g/mol. The second-order valence-electron chi connectivity index (χ2n) is 11.0. The largest absolute Gasteiger partial charge is 0.458 e. The van der Waals surface area contributed by atoms with Crippen molar-refractivity contribution >= 4 is 11.8 Å². The maximum Gasteiger partial charge on any atom is 0.303 e. The van der Waals surface area contributed by atoms with E-state index in [4.69, 9.17) is 9.47 Å². The zero-order valence-electron chi connectivity index (χ0n) is 17.8. The Bertz CT molecular complexity index is 752. The normalized spacial score (nSPS) is 55.1. The molecule has 6 nitrogen and oxygen atoms in total. The van der Waals surface area contributed by atoms with Crippen molar-refractivity contribution in [3.63, 3.8) is 0 Å². The van der Waals surface area contributed by atoms with Crippen molar-refractivity contribution in [2.24, 2.45) is 28.6 Å². The Morgan fingerprint density at radius 1 is 1.07 bits per heavy atom. The first-order chi connectivity index (χ1) is 13.6. The van der Waals surface area contributed by atoms with Gasteiger partial charge >= 0.3 is 5.97 Å². The molecular weight excluding hydrogens is 372 g/mol. The molecule has 0 amide bonds. The second-order valence-corrected chi connectivity index (χ2v) is 11.0. The van der Waals surface area contributed by atoms with Gasteiger partial charge in [0.15, 0.2) is 6.61 Å². The van der Waals surface area contributed by atoms with Crippen molar-refractivity contribution in [1.29, 1.82) is 0 Å². The van der Waals surface area contributed by atoms with Crippen LogP contribution in [0.3, 0.4) is 0 Å². The van der Waals surface area contributed by atoms with Crippen LogP contribution in [0.4, 0.5) is 0 Å². The van der Waals surface area contributed by atoms with E-state index in [1.807, 2.05) is 0 Å². The van der Waals surface area contributed by atoms with Crippen molar-refractivity contribution in [1.82, 2.24) is 0 Å². The second kappa shape index (κ2) is 6.04. The lowest BCUT2D eigenvalue weighted by atomic mass is 9.44. The summed E-state index contributed by atoms with van der Waals surface area (Å²) in [5.74, 6) is 0.379. The molecule has 5 fully saturated rings. The fourth-order valence-electron chi connectivity index (χ4n) is 8.42. The first-order valence-corrected chi connectivity index (χ1v) is 11.3. The number of ether oxygens (including phenoxy) is 2. The molecule has 5 aliphatic rings. The van der Waals surface area contributed by atoms with Crippen LogP contribution >= 0.6 is 0 Å². The van der Waals surface area contributed by atoms with Gasteiger partial charge in [-0.2, -0.15) is 0 Å². The summed E-state index contributed by atoms with van der Waals surface area (Å²) in [7, 11) is 0. The van der Waals surface area contributed by atoms with E-state index in [0.29, 0.717) is 18.3 Å². The standard InChI is InChI=1S/C23H34O6/c1-13(24)28-12-18(26)22(27)9-6-16-15-10-19-23(29-19)11-14(25)4-7-21(23,3)17(15)5-8-20(16,22)2/h14-17,19,25,27H,4-12H2,1-3H3/t14-,15+,16-,17+,19+,20-,21-,22-,23+/m1/s1. The number of aliphatic hydroxyl groups excluding tert-OH is 1. The maximum absolute atomic E-state index is 12.9. The van der Waals surface area contributed by atoms with Gasteiger partial charge in [0.05, 0.1) is 12.2 Å². The summed E-state index contributed by atoms with van der Waals surface area (Å²) >= 11 is 0. The number of ketones is 1. The Morgan fingerprint density at radius 2 is 1.72 bits per heavy atom. The molecule has 2 N–H and O–H groups in total. The molecule has 9 atom stereocenters. The van der Waals surface area contributed by atoms with E-state index < -0.39 is 17.0 Å². The average molecular weight is 407 g/mol. The van der Waals surface area contributed by atoms with E-state index in [1.165, 1.54) is 6.92 Å². The van der Waals surface area contributed by atoms with Gasteiger partial charge < -0.3 is 19.7 Å². The SMILES string of the molecule is CC(=O)OCC(=O)[C@]1(O)CC[C@@H]2[C@@H]3C[C@@H]4O[C@@]45C[C@H](O)CC[C@]5(C)[C@H]3CC[C@]21C. The molecule has 29 heavy (non-hydrogen) atoms. The first kappa shape index (κ1) is 20.0. The fraction of sp³-hybridized carbons (Fsp3) is 0.913. The van der Waals surface area contributed by atoms with Crippen LogP contribution in [-0.4, -0.2) is 52.0 Å². The van der Waals surface area contributed by atoms with Gasteiger partial charge in [-0.1, -0.05) is 13.8 Å². The first-order valence-electron chi connectivity index (χ1n) is 11.3. The minimum atomic E-state index is -1.42. The van der Waals surface area contributed by atoms with Crippen LogP contribution in [-0.2, 0) is 19.1 Å². The zero-order valence-corrected chi connectivity index (χ0v) is 17.8. The Labute approximate surface area is 172 Å². The number of rotatable bonds is 3. The molecule has 1 saturated heterocycles. The topological polar surface area (TPSA) is 96.4 Å². The lowest BCUT2D eigenvalue weighted by Gasteiger charge is -2.59. The van der Waals surface area contributed by atoms with Gasteiger partial charge in [0, 0.05) is 24.2 Å². The maximum atomic E-state index is 12.9. The highest BCUT2D eigenvalue weighted by Crippen LogP contribution is 2.74. The minimum Gasteiger partial charge on any atom is -0.458 e. The number of epoxide rings is 1. The third-order valence-electron chi connectivity index (χ3n) is 10.1. The van der Waals surface area contributed by atoms with Crippen molar-refractivity contribution < 1.29 is 29.3 Å². The summed E-state index contributed by atoms with van der Waals surface area (Å²) in [4.78, 5) is 24.1. The smallest absolute Gasteiger partial charge is 0.303 e. The van der Waals surface area contributed by atoms with Crippen LogP contribution in [0.15, 0.2) is 0 Å². The van der Waals surface area contributed by atoms with Crippen LogP contribution in [0.5, 0.6) is 0 Å². The number of carbonyl (C=O) groups excluding carboxylic acids is 2. The number of Topliss-reactive ketones (excluding diaryl/α,β-unsaturated/α-hetero) is 1. The molecule has 5 rings (SSSR count). The molecule has 6 heteroatoms. The van der Waals surface area contributed by atoms with E-state index in [9.17, 15) is 19.8 Å². The molecule has 0 radical (unpaired) electrons. The number of carbonyl (C=O) groups is 2. The summed E-state index contributed by atoms with van der Waals surface area (Å²) in [5, 5.41) is 21.8. The van der Waals surface area contributed by atoms with Crippen molar-refractivity contribution in [2.75, 3.05) is 6.61 Å². The fourth-order valence-corrected chi connectivity index (χ4v) is 8.42. The Balaban J connectivity index is 1.42. The average Bonchev–Trinajstić information content (AvgIpc) is 3.28. The molecule has 1 spiro atoms. The molecule has 1 heterocycles. The van der Waals surface area contributed by atoms with E-state index in [1.54, 1.807) is 0 Å². The summed E-state index contributed by atoms with van der Waals surface area (Å²) < 4.78 is 11.3. The van der Waals surface area contributed by atoms with Crippen LogP contribution < -0.4 is 0 Å². The molecular formula is C23H34O6. The highest BCUT2D eigenvalue weighted by Gasteiger charge is 2.77. The van der Waals surface area contributed by atoms with Crippen LogP contribution in [0.1, 0.15) is 72.1 Å². The summed E-state index contributed by atoms with van der Waals surface area (Å²) in [6, 6.07) is 0. The van der Waals surface area contributed by atoms with Crippen molar-refractivity contribution in [2.45, 2.75) is 95.5 Å². The minimum absolute atomic E-state index is 0.0730. The van der Waals surface area contributed by atoms with E-state index in [-0.39, 0.29) is 41.5 Å². The van der Waals surface area contributed by atoms with Gasteiger partial charge in [-0.25, -0.2) is 0 Å². The summed E-state index contributed by atoms with van der Waals surface area (Å²) in [6.07, 6.45) is 6.57. The summed E-state index contributed by atoms with van der Waals surface area (Å²) in [5.41, 5.74) is -1.98. The van der Waals surface area contributed by atoms with Crippen molar-refractivity contribution in [3.8, 4) is 0 Å². The predicted octanol–water partition coefficient (Wildman–Crippen LogP) is 2.38. The number of fused-ring (bicyclic) bond motifs is 4. The lowest BCUT2D eigenvalue weighted by Crippen LogP contribution is -2.61. The van der Waals surface area contributed by atoms with Crippen LogP contribution in [0, 0.1) is 28.6 Å². The third-order valence-corrected chi connectivity index (χ3v) is 10.1. The Hall–Kier alpha value is -0.980.